The summed E-state index contributed by atoms with van der Waals surface area (Å²) in [4.78, 5) is 19.9. The maximum atomic E-state index is 13.1. The molecule has 4 aromatic rings. The average molecular weight is 572 g/mol. The zero-order chi connectivity index (χ0) is 28.6. The summed E-state index contributed by atoms with van der Waals surface area (Å²) in [6.45, 7) is 10.9. The van der Waals surface area contributed by atoms with E-state index in [9.17, 15) is 4.79 Å². The number of pyridine rings is 1. The molecule has 1 saturated heterocycles. The zero-order valence-corrected chi connectivity index (χ0v) is 25.0. The van der Waals surface area contributed by atoms with Crippen LogP contribution in [-0.2, 0) is 4.79 Å². The fraction of sp³-hybridized carbons (Fsp3) is 0.281. The van der Waals surface area contributed by atoms with Crippen LogP contribution < -0.4 is 10.6 Å². The first-order valence-corrected chi connectivity index (χ1v) is 14.2. The normalized spacial score (nSPS) is 16.8. The third kappa shape index (κ3) is 5.36. The predicted molar refractivity (Wildman–Crippen MR) is 166 cm³/mol. The molecule has 1 aliphatic heterocycles. The first-order valence-electron chi connectivity index (χ1n) is 13.4. The molecule has 2 aromatic heterocycles. The van der Waals surface area contributed by atoms with Crippen LogP contribution in [0.1, 0.15) is 57.8 Å². The molecule has 8 heteroatoms. The highest BCUT2D eigenvalue weighted by molar-refractivity contribution is 7.80. The maximum absolute atomic E-state index is 13.1. The molecule has 3 heterocycles. The molecule has 6 nitrogen and oxygen atoms in total. The maximum Gasteiger partial charge on any atom is 0.226 e. The van der Waals surface area contributed by atoms with Crippen molar-refractivity contribution in [3.63, 3.8) is 0 Å². The minimum Gasteiger partial charge on any atom is -0.352 e. The predicted octanol–water partition coefficient (Wildman–Crippen LogP) is 7.07. The fourth-order valence-corrected chi connectivity index (χ4v) is 6.23. The van der Waals surface area contributed by atoms with Crippen molar-refractivity contribution in [2.45, 2.75) is 53.1 Å². The Labute approximate surface area is 246 Å². The first-order chi connectivity index (χ1) is 19.2. The molecular formula is C32H34ClN5OS. The number of halogens is 1. The molecule has 1 amide bonds. The number of hydrogen-bond acceptors (Lipinski definition) is 3. The van der Waals surface area contributed by atoms with E-state index in [0.717, 1.165) is 39.6 Å². The van der Waals surface area contributed by atoms with E-state index < -0.39 is 0 Å². The lowest BCUT2D eigenvalue weighted by Crippen LogP contribution is -2.33. The number of benzene rings is 2. The van der Waals surface area contributed by atoms with Gasteiger partial charge in [-0.05, 0) is 99.9 Å². The second-order valence-electron chi connectivity index (χ2n) is 10.5. The van der Waals surface area contributed by atoms with Crippen LogP contribution in [0.15, 0.2) is 66.9 Å². The van der Waals surface area contributed by atoms with Crippen LogP contribution in [0.5, 0.6) is 0 Å². The number of nitrogens with one attached hydrogen (secondary N) is 2. The number of carbonyl (C=O) groups excluding carboxylic acids is 1. The van der Waals surface area contributed by atoms with Crippen LogP contribution >= 0.6 is 23.8 Å². The Morgan fingerprint density at radius 2 is 1.82 bits per heavy atom. The molecule has 0 saturated carbocycles. The average Bonchev–Trinajstić information content (AvgIpc) is 3.36. The summed E-state index contributed by atoms with van der Waals surface area (Å²) in [6.07, 6.45) is 2.10. The third-order valence-electron chi connectivity index (χ3n) is 7.81. The fourth-order valence-electron chi connectivity index (χ4n) is 5.71. The lowest BCUT2D eigenvalue weighted by molar-refractivity contribution is -0.116. The number of aromatic nitrogens is 2. The highest BCUT2D eigenvalue weighted by Gasteiger charge is 2.42. The number of thiocarbonyl (C=S) groups is 1. The van der Waals surface area contributed by atoms with Crippen molar-refractivity contribution in [2.75, 3.05) is 11.9 Å². The number of aryl methyl sites for hydroxylation is 2. The summed E-state index contributed by atoms with van der Waals surface area (Å²) < 4.78 is 2.25. The van der Waals surface area contributed by atoms with Gasteiger partial charge in [0.05, 0.1) is 17.8 Å². The van der Waals surface area contributed by atoms with Crippen molar-refractivity contribution in [3.8, 4) is 5.69 Å². The van der Waals surface area contributed by atoms with Crippen molar-refractivity contribution in [1.29, 1.82) is 0 Å². The highest BCUT2D eigenvalue weighted by atomic mass is 35.5. The van der Waals surface area contributed by atoms with E-state index in [1.165, 1.54) is 11.1 Å². The minimum atomic E-state index is -0.164. The van der Waals surface area contributed by atoms with Gasteiger partial charge in [0.2, 0.25) is 5.91 Å². The van der Waals surface area contributed by atoms with Gasteiger partial charge < -0.3 is 20.1 Å². The van der Waals surface area contributed by atoms with Crippen LogP contribution in [-0.4, -0.2) is 32.0 Å². The molecule has 1 fully saturated rings. The summed E-state index contributed by atoms with van der Waals surface area (Å²) in [7, 11) is 0. The molecule has 2 N–H and O–H groups in total. The lowest BCUT2D eigenvalue weighted by atomic mass is 9.93. The first kappa shape index (κ1) is 27.9. The van der Waals surface area contributed by atoms with E-state index in [0.29, 0.717) is 23.1 Å². The standard InChI is InChI=1S/C32H34ClN5OS/c1-19-12-13-20(2)27(17-19)35-28(39)14-16-37-31(30(36-32(37)40)26-11-6-7-15-34-26)29-21(3)22(4)38(23(29)5)25-10-8-9-24(33)18-25/h6-13,15,17-18,30-31H,14,16H2,1-5H3,(H,35,39)(H,36,40). The van der Waals surface area contributed by atoms with E-state index in [4.69, 9.17) is 23.8 Å². The molecule has 206 valence electrons. The largest absolute Gasteiger partial charge is 0.352 e. The molecule has 2 unspecified atom stereocenters. The zero-order valence-electron chi connectivity index (χ0n) is 23.5. The van der Waals surface area contributed by atoms with Gasteiger partial charge in [-0.25, -0.2) is 0 Å². The quantitative estimate of drug-likeness (QED) is 0.232. The number of amides is 1. The van der Waals surface area contributed by atoms with Crippen molar-refractivity contribution in [3.05, 3.63) is 111 Å². The SMILES string of the molecule is Cc1ccc(C)c(NC(=O)CCN2C(=S)NC(c3ccccn3)C2c2c(C)c(C)n(-c3cccc(Cl)c3)c2C)c1. The van der Waals surface area contributed by atoms with Gasteiger partial charge in [0, 0.05) is 52.5 Å². The van der Waals surface area contributed by atoms with E-state index in [1.54, 1.807) is 6.20 Å². The van der Waals surface area contributed by atoms with Crippen molar-refractivity contribution >= 4 is 40.5 Å². The summed E-state index contributed by atoms with van der Waals surface area (Å²) in [6, 6.07) is 19.6. The van der Waals surface area contributed by atoms with Crippen molar-refractivity contribution in [2.24, 2.45) is 0 Å². The highest BCUT2D eigenvalue weighted by Crippen LogP contribution is 2.43. The second kappa shape index (κ2) is 11.4. The van der Waals surface area contributed by atoms with Gasteiger partial charge in [-0.1, -0.05) is 35.9 Å². The van der Waals surface area contributed by atoms with E-state index in [2.05, 4.69) is 51.9 Å². The lowest BCUT2D eigenvalue weighted by Gasteiger charge is -2.29. The Kier molecular flexibility index (Phi) is 7.97. The smallest absolute Gasteiger partial charge is 0.226 e. The van der Waals surface area contributed by atoms with Gasteiger partial charge in [-0.2, -0.15) is 0 Å². The molecule has 2 atom stereocenters. The van der Waals surface area contributed by atoms with Crippen LogP contribution in [0.2, 0.25) is 5.02 Å². The number of hydrogen-bond donors (Lipinski definition) is 2. The summed E-state index contributed by atoms with van der Waals surface area (Å²) in [5, 5.41) is 7.92. The Morgan fingerprint density at radius 3 is 2.55 bits per heavy atom. The van der Waals surface area contributed by atoms with Crippen LogP contribution in [0.25, 0.3) is 5.69 Å². The van der Waals surface area contributed by atoms with Gasteiger partial charge in [-0.15, -0.1) is 0 Å². The van der Waals surface area contributed by atoms with Crippen LogP contribution in [0, 0.1) is 34.6 Å². The topological polar surface area (TPSA) is 62.2 Å². The molecule has 5 rings (SSSR count). The van der Waals surface area contributed by atoms with Crippen LogP contribution in [0.4, 0.5) is 5.69 Å². The van der Waals surface area contributed by atoms with Gasteiger partial charge in [-0.3, -0.25) is 9.78 Å². The van der Waals surface area contributed by atoms with Crippen LogP contribution in [0.3, 0.4) is 0 Å². The van der Waals surface area contributed by atoms with Gasteiger partial charge >= 0.3 is 0 Å². The molecule has 40 heavy (non-hydrogen) atoms. The molecular weight excluding hydrogens is 538 g/mol. The van der Waals surface area contributed by atoms with Gasteiger partial charge in [0.1, 0.15) is 0 Å². The Morgan fingerprint density at radius 1 is 1.02 bits per heavy atom. The third-order valence-corrected chi connectivity index (χ3v) is 8.40. The molecule has 0 spiro atoms. The molecule has 0 bridgehead atoms. The summed E-state index contributed by atoms with van der Waals surface area (Å²) in [5.74, 6) is -0.0438. The molecule has 2 aromatic carbocycles. The molecule has 1 aliphatic rings. The molecule has 0 aliphatic carbocycles. The minimum absolute atomic E-state index is 0.0438. The van der Waals surface area contributed by atoms with Gasteiger partial charge in [0.15, 0.2) is 5.11 Å². The Hall–Kier alpha value is -3.68. The monoisotopic (exact) mass is 571 g/mol. The Bertz CT molecular complexity index is 1580. The van der Waals surface area contributed by atoms with Gasteiger partial charge in [0.25, 0.3) is 0 Å². The summed E-state index contributed by atoms with van der Waals surface area (Å²) in [5.41, 5.74) is 9.51. The Balaban J connectivity index is 1.51. The van der Waals surface area contributed by atoms with Crippen molar-refractivity contribution in [1.82, 2.24) is 19.8 Å². The summed E-state index contributed by atoms with van der Waals surface area (Å²) >= 11 is 12.3. The van der Waals surface area contributed by atoms with E-state index in [1.807, 2.05) is 68.4 Å². The number of carbonyl (C=O) groups is 1. The molecule has 0 radical (unpaired) electrons. The number of rotatable bonds is 7. The van der Waals surface area contributed by atoms with E-state index >= 15 is 0 Å². The number of anilines is 1. The number of nitrogens with zero attached hydrogens (tertiary/aromatic N) is 3. The van der Waals surface area contributed by atoms with E-state index in [-0.39, 0.29) is 18.0 Å². The second-order valence-corrected chi connectivity index (χ2v) is 11.3. The van der Waals surface area contributed by atoms with Crippen molar-refractivity contribution < 1.29 is 4.79 Å².